The van der Waals surface area contributed by atoms with E-state index in [-0.39, 0.29) is 17.1 Å². The summed E-state index contributed by atoms with van der Waals surface area (Å²) in [5.41, 5.74) is 0. The predicted molar refractivity (Wildman–Crippen MR) is 89.2 cm³/mol. The van der Waals surface area contributed by atoms with Crippen molar-refractivity contribution in [2.75, 3.05) is 33.3 Å². The van der Waals surface area contributed by atoms with Gasteiger partial charge in [-0.25, -0.2) is 13.1 Å². The zero-order chi connectivity index (χ0) is 16.9. The first-order valence-corrected chi connectivity index (χ1v) is 9.40. The van der Waals surface area contributed by atoms with Crippen LogP contribution in [-0.2, 0) is 14.8 Å². The van der Waals surface area contributed by atoms with Crippen LogP contribution in [0.15, 0.2) is 29.2 Å². The molecule has 23 heavy (non-hydrogen) atoms. The van der Waals surface area contributed by atoms with E-state index >= 15 is 0 Å². The van der Waals surface area contributed by atoms with Gasteiger partial charge >= 0.3 is 0 Å². The molecule has 1 fully saturated rings. The number of nitrogens with zero attached hydrogens (tertiary/aromatic N) is 1. The van der Waals surface area contributed by atoms with Crippen LogP contribution in [-0.4, -0.2) is 58.8 Å². The first kappa shape index (κ1) is 18.2. The molecule has 1 aliphatic heterocycles. The van der Waals surface area contributed by atoms with Gasteiger partial charge in [-0.05, 0) is 51.1 Å². The monoisotopic (exact) mass is 342 g/mol. The van der Waals surface area contributed by atoms with E-state index in [2.05, 4.69) is 23.5 Å². The Labute approximate surface area is 138 Å². The van der Waals surface area contributed by atoms with Crippen LogP contribution in [0.1, 0.15) is 20.3 Å². The summed E-state index contributed by atoms with van der Waals surface area (Å²) in [6.07, 6.45) is 1.24. The summed E-state index contributed by atoms with van der Waals surface area (Å²) in [6, 6.07) is 6.38. The SMILES string of the molecule is COc1ccc(S(=O)(=O)NCCCN2CC(C)OC(C)C2)cc1. The van der Waals surface area contributed by atoms with Crippen molar-refractivity contribution in [1.29, 1.82) is 0 Å². The normalized spacial score (nSPS) is 22.9. The second-order valence-electron chi connectivity index (χ2n) is 5.94. The van der Waals surface area contributed by atoms with Crippen molar-refractivity contribution in [3.05, 3.63) is 24.3 Å². The molecular weight excluding hydrogens is 316 g/mol. The molecule has 1 heterocycles. The molecule has 1 aromatic carbocycles. The molecule has 0 bridgehead atoms. The fraction of sp³-hybridized carbons (Fsp3) is 0.625. The first-order valence-electron chi connectivity index (χ1n) is 7.92. The Morgan fingerprint density at radius 3 is 2.39 bits per heavy atom. The van der Waals surface area contributed by atoms with Crippen molar-refractivity contribution in [2.24, 2.45) is 0 Å². The highest BCUT2D eigenvalue weighted by molar-refractivity contribution is 7.89. The minimum absolute atomic E-state index is 0.231. The first-order chi connectivity index (χ1) is 10.9. The molecular formula is C16H26N2O4S. The van der Waals surface area contributed by atoms with Crippen molar-refractivity contribution in [1.82, 2.24) is 9.62 Å². The van der Waals surface area contributed by atoms with Gasteiger partial charge in [0, 0.05) is 19.6 Å². The molecule has 1 N–H and O–H groups in total. The summed E-state index contributed by atoms with van der Waals surface area (Å²) < 4.78 is 37.8. The number of hydrogen-bond donors (Lipinski definition) is 1. The number of hydrogen-bond acceptors (Lipinski definition) is 5. The van der Waals surface area contributed by atoms with Gasteiger partial charge in [0.1, 0.15) is 5.75 Å². The van der Waals surface area contributed by atoms with Gasteiger partial charge in [0.25, 0.3) is 0 Å². The molecule has 2 rings (SSSR count). The van der Waals surface area contributed by atoms with E-state index in [0.29, 0.717) is 12.3 Å². The van der Waals surface area contributed by atoms with Crippen LogP contribution < -0.4 is 9.46 Å². The number of rotatable bonds is 7. The molecule has 1 aliphatic rings. The number of morpholine rings is 1. The molecule has 0 saturated carbocycles. The third-order valence-corrected chi connectivity index (χ3v) is 5.29. The Morgan fingerprint density at radius 2 is 1.83 bits per heavy atom. The van der Waals surface area contributed by atoms with Crippen molar-refractivity contribution < 1.29 is 17.9 Å². The lowest BCUT2D eigenvalue weighted by atomic mass is 10.2. The smallest absolute Gasteiger partial charge is 0.240 e. The minimum Gasteiger partial charge on any atom is -0.497 e. The van der Waals surface area contributed by atoms with E-state index in [1.807, 2.05) is 0 Å². The highest BCUT2D eigenvalue weighted by Gasteiger charge is 2.21. The van der Waals surface area contributed by atoms with Gasteiger partial charge in [-0.1, -0.05) is 0 Å². The minimum atomic E-state index is -3.46. The number of ether oxygens (including phenoxy) is 2. The van der Waals surface area contributed by atoms with Crippen LogP contribution >= 0.6 is 0 Å². The molecule has 0 radical (unpaired) electrons. The Kier molecular flexibility index (Phi) is 6.41. The van der Waals surface area contributed by atoms with Crippen LogP contribution in [0.4, 0.5) is 0 Å². The Balaban J connectivity index is 1.78. The lowest BCUT2D eigenvalue weighted by molar-refractivity contribution is -0.0679. The lowest BCUT2D eigenvalue weighted by Crippen LogP contribution is -2.46. The predicted octanol–water partition coefficient (Wildman–Crippen LogP) is 1.47. The molecule has 130 valence electrons. The number of methoxy groups -OCH3 is 1. The number of nitrogens with one attached hydrogen (secondary N) is 1. The molecule has 1 saturated heterocycles. The fourth-order valence-corrected chi connectivity index (χ4v) is 3.89. The summed E-state index contributed by atoms with van der Waals surface area (Å²) in [7, 11) is -1.91. The summed E-state index contributed by atoms with van der Waals surface area (Å²) in [5.74, 6) is 0.638. The molecule has 0 amide bonds. The quantitative estimate of drug-likeness (QED) is 0.760. The maximum atomic E-state index is 12.2. The largest absolute Gasteiger partial charge is 0.497 e. The van der Waals surface area contributed by atoms with Gasteiger partial charge in [-0.15, -0.1) is 0 Å². The molecule has 0 aliphatic carbocycles. The molecule has 0 aromatic heterocycles. The lowest BCUT2D eigenvalue weighted by Gasteiger charge is -2.35. The third kappa shape index (κ3) is 5.46. The average Bonchev–Trinajstić information content (AvgIpc) is 2.51. The second kappa shape index (κ2) is 8.10. The van der Waals surface area contributed by atoms with Gasteiger partial charge < -0.3 is 9.47 Å². The van der Waals surface area contributed by atoms with Crippen LogP contribution in [0, 0.1) is 0 Å². The Morgan fingerprint density at radius 1 is 1.22 bits per heavy atom. The van der Waals surface area contributed by atoms with Crippen molar-refractivity contribution >= 4 is 10.0 Å². The summed E-state index contributed by atoms with van der Waals surface area (Å²) in [6.45, 7) is 7.22. The van der Waals surface area contributed by atoms with Gasteiger partial charge in [-0.3, -0.25) is 4.90 Å². The summed E-state index contributed by atoms with van der Waals surface area (Å²) >= 11 is 0. The standard InChI is InChI=1S/C16H26N2O4S/c1-13-11-18(12-14(2)22-13)10-4-9-17-23(19,20)16-7-5-15(21-3)6-8-16/h5-8,13-14,17H,4,9-12H2,1-3H3. The van der Waals surface area contributed by atoms with Crippen molar-refractivity contribution in [3.8, 4) is 5.75 Å². The molecule has 0 spiro atoms. The highest BCUT2D eigenvalue weighted by Crippen LogP contribution is 2.15. The molecule has 2 unspecified atom stereocenters. The zero-order valence-electron chi connectivity index (χ0n) is 14.0. The van der Waals surface area contributed by atoms with E-state index in [4.69, 9.17) is 9.47 Å². The fourth-order valence-electron chi connectivity index (χ4n) is 2.81. The molecule has 1 aromatic rings. The van der Waals surface area contributed by atoms with Crippen LogP contribution in [0.5, 0.6) is 5.75 Å². The van der Waals surface area contributed by atoms with Gasteiger partial charge in [0.15, 0.2) is 0 Å². The average molecular weight is 342 g/mol. The molecule has 6 nitrogen and oxygen atoms in total. The number of sulfonamides is 1. The van der Waals surface area contributed by atoms with E-state index in [9.17, 15) is 8.42 Å². The zero-order valence-corrected chi connectivity index (χ0v) is 14.8. The van der Waals surface area contributed by atoms with Gasteiger partial charge in [0.05, 0.1) is 24.2 Å². The molecule has 2 atom stereocenters. The second-order valence-corrected chi connectivity index (χ2v) is 7.71. The van der Waals surface area contributed by atoms with Crippen molar-refractivity contribution in [2.45, 2.75) is 37.4 Å². The maximum absolute atomic E-state index is 12.2. The topological polar surface area (TPSA) is 67.9 Å². The van der Waals surface area contributed by atoms with E-state index < -0.39 is 10.0 Å². The van der Waals surface area contributed by atoms with Crippen LogP contribution in [0.25, 0.3) is 0 Å². The molecule has 7 heteroatoms. The third-order valence-electron chi connectivity index (χ3n) is 3.81. The van der Waals surface area contributed by atoms with E-state index in [1.165, 1.54) is 0 Å². The Hall–Kier alpha value is -1.15. The van der Waals surface area contributed by atoms with E-state index in [0.717, 1.165) is 26.1 Å². The summed E-state index contributed by atoms with van der Waals surface area (Å²) in [4.78, 5) is 2.58. The van der Waals surface area contributed by atoms with Gasteiger partial charge in [0.2, 0.25) is 10.0 Å². The maximum Gasteiger partial charge on any atom is 0.240 e. The van der Waals surface area contributed by atoms with E-state index in [1.54, 1.807) is 31.4 Å². The highest BCUT2D eigenvalue weighted by atomic mass is 32.2. The van der Waals surface area contributed by atoms with Crippen molar-refractivity contribution in [3.63, 3.8) is 0 Å². The van der Waals surface area contributed by atoms with Crippen LogP contribution in [0.3, 0.4) is 0 Å². The van der Waals surface area contributed by atoms with Crippen LogP contribution in [0.2, 0.25) is 0 Å². The summed E-state index contributed by atoms with van der Waals surface area (Å²) in [5, 5.41) is 0. The number of benzene rings is 1. The van der Waals surface area contributed by atoms with Gasteiger partial charge in [-0.2, -0.15) is 0 Å². The Bertz CT molecular complexity index is 579.